The van der Waals surface area contributed by atoms with Crippen LogP contribution in [-0.4, -0.2) is 24.6 Å². The number of rotatable bonds is 8. The summed E-state index contributed by atoms with van der Waals surface area (Å²) < 4.78 is 10.2. The molecule has 0 radical (unpaired) electrons. The quantitative estimate of drug-likeness (QED) is 0.616. The predicted molar refractivity (Wildman–Crippen MR) is 65.5 cm³/mol. The third-order valence-electron chi connectivity index (χ3n) is 2.66. The van der Waals surface area contributed by atoms with E-state index in [1.54, 1.807) is 6.92 Å². The molecule has 0 saturated carbocycles. The number of ether oxygens (including phenoxy) is 2. The van der Waals surface area contributed by atoms with Gasteiger partial charge in [-0.1, -0.05) is 34.1 Å². The van der Waals surface area contributed by atoms with Gasteiger partial charge in [0.15, 0.2) is 0 Å². The lowest BCUT2D eigenvalue weighted by Crippen LogP contribution is -2.22. The Morgan fingerprint density at radius 1 is 1.06 bits per heavy atom. The van der Waals surface area contributed by atoms with Gasteiger partial charge in [-0.15, -0.1) is 0 Å². The number of carbonyl (C=O) groups is 2. The molecule has 0 fully saturated rings. The minimum Gasteiger partial charge on any atom is -0.465 e. The van der Waals surface area contributed by atoms with Crippen LogP contribution >= 0.6 is 0 Å². The highest BCUT2D eigenvalue weighted by Gasteiger charge is 2.17. The summed E-state index contributed by atoms with van der Waals surface area (Å²) >= 11 is 0. The number of carbonyl (C=O) groups excluding carboxylic acids is 2. The van der Waals surface area contributed by atoms with E-state index < -0.39 is 0 Å². The number of esters is 2. The molecule has 2 atom stereocenters. The van der Waals surface area contributed by atoms with Crippen molar-refractivity contribution in [3.8, 4) is 0 Å². The van der Waals surface area contributed by atoms with Crippen molar-refractivity contribution in [2.75, 3.05) is 6.61 Å². The third kappa shape index (κ3) is 7.77. The summed E-state index contributed by atoms with van der Waals surface area (Å²) in [6.45, 7) is 8.14. The average molecular weight is 244 g/mol. The Kier molecular flexibility index (Phi) is 8.46. The first-order valence-electron chi connectivity index (χ1n) is 6.38. The molecule has 0 aliphatic rings. The predicted octanol–water partition coefficient (Wildman–Crippen LogP) is 2.70. The molecule has 0 saturated heterocycles. The van der Waals surface area contributed by atoms with Crippen LogP contribution in [0.1, 0.15) is 53.4 Å². The van der Waals surface area contributed by atoms with Gasteiger partial charge in [0.05, 0.1) is 13.0 Å². The molecule has 0 rings (SSSR count). The first kappa shape index (κ1) is 15.9. The summed E-state index contributed by atoms with van der Waals surface area (Å²) in [6, 6.07) is 0. The van der Waals surface area contributed by atoms with Crippen LogP contribution in [-0.2, 0) is 19.1 Å². The average Bonchev–Trinajstić information content (AvgIpc) is 2.34. The third-order valence-corrected chi connectivity index (χ3v) is 2.66. The van der Waals surface area contributed by atoms with Crippen molar-refractivity contribution in [2.24, 2.45) is 5.92 Å². The maximum atomic E-state index is 11.5. The van der Waals surface area contributed by atoms with Crippen LogP contribution < -0.4 is 0 Å². The maximum absolute atomic E-state index is 11.5. The van der Waals surface area contributed by atoms with E-state index in [4.69, 9.17) is 9.47 Å². The van der Waals surface area contributed by atoms with Crippen molar-refractivity contribution < 1.29 is 19.1 Å². The minimum atomic E-state index is -0.355. The van der Waals surface area contributed by atoms with E-state index in [-0.39, 0.29) is 24.5 Å². The molecule has 4 heteroatoms. The van der Waals surface area contributed by atoms with E-state index in [0.29, 0.717) is 25.4 Å². The second-order valence-electron chi connectivity index (χ2n) is 4.27. The largest absolute Gasteiger partial charge is 0.465 e. The molecule has 0 spiro atoms. The Labute approximate surface area is 104 Å². The lowest BCUT2D eigenvalue weighted by Gasteiger charge is -2.16. The Morgan fingerprint density at radius 2 is 1.71 bits per heavy atom. The Morgan fingerprint density at radius 3 is 2.18 bits per heavy atom. The lowest BCUT2D eigenvalue weighted by molar-refractivity contribution is -0.155. The van der Waals surface area contributed by atoms with E-state index in [1.807, 2.05) is 13.8 Å². The fourth-order valence-corrected chi connectivity index (χ4v) is 1.14. The molecule has 4 nitrogen and oxygen atoms in total. The van der Waals surface area contributed by atoms with Gasteiger partial charge in [0, 0.05) is 6.42 Å². The second kappa shape index (κ2) is 9.02. The van der Waals surface area contributed by atoms with Crippen molar-refractivity contribution in [3.63, 3.8) is 0 Å². The van der Waals surface area contributed by atoms with E-state index >= 15 is 0 Å². The molecular formula is C13H24O4. The Hall–Kier alpha value is -1.06. The molecule has 100 valence electrons. The standard InChI is InChI=1S/C13H24O4/c1-5-10(4)9-16-13(15)8-11(6-2)17-12(14)7-3/h10-11H,5-9H2,1-4H3. The Bertz CT molecular complexity index is 238. The molecule has 0 aliphatic carbocycles. The van der Waals surface area contributed by atoms with Gasteiger partial charge in [0.25, 0.3) is 0 Å². The molecule has 0 N–H and O–H groups in total. The minimum absolute atomic E-state index is 0.151. The molecule has 0 aromatic heterocycles. The van der Waals surface area contributed by atoms with Gasteiger partial charge >= 0.3 is 11.9 Å². The van der Waals surface area contributed by atoms with Crippen LogP contribution in [0, 0.1) is 5.92 Å². The molecule has 0 heterocycles. The highest BCUT2D eigenvalue weighted by atomic mass is 16.6. The number of hydrogen-bond donors (Lipinski definition) is 0. The molecule has 2 unspecified atom stereocenters. The summed E-state index contributed by atoms with van der Waals surface area (Å²) in [6.07, 6.45) is 1.74. The van der Waals surface area contributed by atoms with Gasteiger partial charge in [-0.05, 0) is 12.3 Å². The van der Waals surface area contributed by atoms with Gasteiger partial charge in [-0.25, -0.2) is 0 Å². The van der Waals surface area contributed by atoms with E-state index in [0.717, 1.165) is 6.42 Å². The van der Waals surface area contributed by atoms with Gasteiger partial charge < -0.3 is 9.47 Å². The molecule has 0 aliphatic heterocycles. The van der Waals surface area contributed by atoms with Crippen LogP contribution in [0.15, 0.2) is 0 Å². The van der Waals surface area contributed by atoms with Crippen molar-refractivity contribution in [1.29, 1.82) is 0 Å². The normalized spacial score (nSPS) is 13.9. The Balaban J connectivity index is 3.93. The fraction of sp³-hybridized carbons (Fsp3) is 0.846. The molecule has 17 heavy (non-hydrogen) atoms. The van der Waals surface area contributed by atoms with Crippen LogP contribution in [0.25, 0.3) is 0 Å². The van der Waals surface area contributed by atoms with Crippen molar-refractivity contribution in [2.45, 2.75) is 59.5 Å². The lowest BCUT2D eigenvalue weighted by atomic mass is 10.1. The molecule has 0 amide bonds. The zero-order chi connectivity index (χ0) is 13.3. The summed E-state index contributed by atoms with van der Waals surface area (Å²) in [5, 5.41) is 0. The molecule has 0 bridgehead atoms. The van der Waals surface area contributed by atoms with E-state index in [1.165, 1.54) is 0 Å². The van der Waals surface area contributed by atoms with Crippen LogP contribution in [0.3, 0.4) is 0 Å². The van der Waals surface area contributed by atoms with Crippen molar-refractivity contribution in [1.82, 2.24) is 0 Å². The molecular weight excluding hydrogens is 220 g/mol. The first-order chi connectivity index (χ1) is 8.03. The first-order valence-corrected chi connectivity index (χ1v) is 6.38. The van der Waals surface area contributed by atoms with E-state index in [9.17, 15) is 9.59 Å². The van der Waals surface area contributed by atoms with E-state index in [2.05, 4.69) is 6.92 Å². The topological polar surface area (TPSA) is 52.6 Å². The summed E-state index contributed by atoms with van der Waals surface area (Å²) in [7, 11) is 0. The van der Waals surface area contributed by atoms with Crippen molar-refractivity contribution >= 4 is 11.9 Å². The van der Waals surface area contributed by atoms with Gasteiger partial charge in [0.2, 0.25) is 0 Å². The van der Waals surface area contributed by atoms with Crippen LogP contribution in [0.4, 0.5) is 0 Å². The maximum Gasteiger partial charge on any atom is 0.309 e. The highest BCUT2D eigenvalue weighted by molar-refractivity contribution is 5.72. The summed E-state index contributed by atoms with van der Waals surface area (Å²) in [5.74, 6) is -0.190. The zero-order valence-electron chi connectivity index (χ0n) is 11.3. The second-order valence-corrected chi connectivity index (χ2v) is 4.27. The van der Waals surface area contributed by atoms with Crippen LogP contribution in [0.5, 0.6) is 0 Å². The van der Waals surface area contributed by atoms with Gasteiger partial charge in [-0.3, -0.25) is 9.59 Å². The summed E-state index contributed by atoms with van der Waals surface area (Å²) in [5.41, 5.74) is 0. The van der Waals surface area contributed by atoms with Gasteiger partial charge in [-0.2, -0.15) is 0 Å². The monoisotopic (exact) mass is 244 g/mol. The van der Waals surface area contributed by atoms with Crippen molar-refractivity contribution in [3.05, 3.63) is 0 Å². The SMILES string of the molecule is CCC(=O)OC(CC)CC(=O)OCC(C)CC. The summed E-state index contributed by atoms with van der Waals surface area (Å²) in [4.78, 5) is 22.6. The van der Waals surface area contributed by atoms with Gasteiger partial charge in [0.1, 0.15) is 6.10 Å². The molecule has 0 aromatic rings. The fourth-order valence-electron chi connectivity index (χ4n) is 1.14. The molecule has 0 aromatic carbocycles. The highest BCUT2D eigenvalue weighted by Crippen LogP contribution is 2.08. The van der Waals surface area contributed by atoms with Crippen LogP contribution in [0.2, 0.25) is 0 Å². The number of hydrogen-bond acceptors (Lipinski definition) is 4. The smallest absolute Gasteiger partial charge is 0.309 e. The zero-order valence-corrected chi connectivity index (χ0v) is 11.3.